The highest BCUT2D eigenvalue weighted by molar-refractivity contribution is 5.84. The molecule has 124 valence electrons. The van der Waals surface area contributed by atoms with Gasteiger partial charge in [0.15, 0.2) is 0 Å². The van der Waals surface area contributed by atoms with Crippen LogP contribution in [0.15, 0.2) is 60.7 Å². The molecule has 0 unspecified atom stereocenters. The molecule has 2 N–H and O–H groups in total. The van der Waals surface area contributed by atoms with Crippen molar-refractivity contribution in [2.24, 2.45) is 5.73 Å². The highest BCUT2D eigenvalue weighted by Gasteiger charge is 2.14. The Bertz CT molecular complexity index is 859. The van der Waals surface area contributed by atoms with E-state index in [9.17, 15) is 0 Å². The Morgan fingerprint density at radius 2 is 1.50 bits per heavy atom. The Morgan fingerprint density at radius 1 is 0.833 bits per heavy atom. The van der Waals surface area contributed by atoms with Crippen molar-refractivity contribution in [1.29, 1.82) is 0 Å². The number of hydrogen-bond donors (Lipinski definition) is 1. The predicted molar refractivity (Wildman–Crippen MR) is 102 cm³/mol. The van der Waals surface area contributed by atoms with Crippen LogP contribution < -0.4 is 10.5 Å². The Hall–Kier alpha value is -2.32. The van der Waals surface area contributed by atoms with E-state index in [0.717, 1.165) is 22.4 Å². The van der Waals surface area contributed by atoms with Gasteiger partial charge in [0, 0.05) is 5.54 Å². The van der Waals surface area contributed by atoms with Gasteiger partial charge in [-0.3, -0.25) is 0 Å². The first kappa shape index (κ1) is 16.5. The van der Waals surface area contributed by atoms with Gasteiger partial charge in [-0.15, -0.1) is 0 Å². The molecule has 0 spiro atoms. The zero-order valence-corrected chi connectivity index (χ0v) is 14.8. The summed E-state index contributed by atoms with van der Waals surface area (Å²) in [6.45, 7) is 8.41. The quantitative estimate of drug-likeness (QED) is 0.645. The van der Waals surface area contributed by atoms with Gasteiger partial charge in [-0.2, -0.15) is 0 Å². The van der Waals surface area contributed by atoms with Crippen LogP contribution in [0.3, 0.4) is 0 Å². The number of benzene rings is 3. The first-order valence-corrected chi connectivity index (χ1v) is 8.44. The minimum absolute atomic E-state index is 0.333. The van der Waals surface area contributed by atoms with Gasteiger partial charge in [0.25, 0.3) is 0 Å². The van der Waals surface area contributed by atoms with Crippen LogP contribution in [0, 0.1) is 0 Å². The Balaban J connectivity index is 1.90. The molecule has 0 bridgehead atoms. The number of ether oxygens (including phenoxy) is 1. The van der Waals surface area contributed by atoms with E-state index in [1.54, 1.807) is 0 Å². The summed E-state index contributed by atoms with van der Waals surface area (Å²) in [5, 5.41) is 2.33. The van der Waals surface area contributed by atoms with Crippen LogP contribution in [0.2, 0.25) is 0 Å². The summed E-state index contributed by atoms with van der Waals surface area (Å²) in [6, 6.07) is 20.8. The van der Waals surface area contributed by atoms with Crippen LogP contribution in [0.1, 0.15) is 44.7 Å². The molecule has 2 heteroatoms. The fourth-order valence-corrected chi connectivity index (χ4v) is 2.76. The fraction of sp³-hybridized carbons (Fsp3) is 0.273. The maximum absolute atomic E-state index is 6.19. The van der Waals surface area contributed by atoms with Gasteiger partial charge in [0.05, 0.1) is 0 Å². The molecule has 3 aromatic rings. The third kappa shape index (κ3) is 3.60. The molecule has 0 aliphatic heterocycles. The zero-order valence-electron chi connectivity index (χ0n) is 14.8. The molecule has 0 aliphatic rings. The van der Waals surface area contributed by atoms with E-state index in [2.05, 4.69) is 56.3 Å². The van der Waals surface area contributed by atoms with Gasteiger partial charge in [-0.25, -0.2) is 0 Å². The van der Waals surface area contributed by atoms with Crippen molar-refractivity contribution in [3.8, 4) is 11.5 Å². The summed E-state index contributed by atoms with van der Waals surface area (Å²) >= 11 is 0. The second-order valence-corrected chi connectivity index (χ2v) is 7.27. The molecule has 0 saturated carbocycles. The summed E-state index contributed by atoms with van der Waals surface area (Å²) in [5.41, 5.74) is 8.27. The van der Waals surface area contributed by atoms with Crippen LogP contribution in [0.4, 0.5) is 0 Å². The third-order valence-electron chi connectivity index (χ3n) is 4.32. The average molecular weight is 319 g/mol. The normalized spacial score (nSPS) is 11.9. The van der Waals surface area contributed by atoms with Crippen LogP contribution in [0.5, 0.6) is 11.5 Å². The molecule has 0 saturated heterocycles. The molecular formula is C22H25NO. The number of nitrogens with two attached hydrogens (primary N) is 1. The van der Waals surface area contributed by atoms with E-state index < -0.39 is 0 Å². The summed E-state index contributed by atoms with van der Waals surface area (Å²) in [6.07, 6.45) is 0. The van der Waals surface area contributed by atoms with Gasteiger partial charge < -0.3 is 10.5 Å². The summed E-state index contributed by atoms with van der Waals surface area (Å²) in [7, 11) is 0. The van der Waals surface area contributed by atoms with Gasteiger partial charge in [-0.1, -0.05) is 44.2 Å². The molecule has 0 amide bonds. The van der Waals surface area contributed by atoms with E-state index in [1.165, 1.54) is 10.9 Å². The lowest BCUT2D eigenvalue weighted by molar-refractivity contribution is 0.482. The minimum atomic E-state index is -0.333. The van der Waals surface area contributed by atoms with E-state index >= 15 is 0 Å². The van der Waals surface area contributed by atoms with Crippen LogP contribution in [-0.2, 0) is 5.54 Å². The predicted octanol–water partition coefficient (Wildman–Crippen LogP) is 5.95. The van der Waals surface area contributed by atoms with E-state index in [-0.39, 0.29) is 5.54 Å². The summed E-state index contributed by atoms with van der Waals surface area (Å²) < 4.78 is 6.05. The lowest BCUT2D eigenvalue weighted by Gasteiger charge is -2.19. The van der Waals surface area contributed by atoms with Crippen molar-refractivity contribution >= 4 is 10.8 Å². The Kier molecular flexibility index (Phi) is 4.33. The molecule has 3 aromatic carbocycles. The number of hydrogen-bond acceptors (Lipinski definition) is 2. The van der Waals surface area contributed by atoms with Gasteiger partial charge in [0.2, 0.25) is 0 Å². The molecule has 0 fully saturated rings. The molecule has 3 rings (SSSR count). The Morgan fingerprint density at radius 3 is 2.21 bits per heavy atom. The highest BCUT2D eigenvalue weighted by Crippen LogP contribution is 2.29. The largest absolute Gasteiger partial charge is 0.457 e. The van der Waals surface area contributed by atoms with E-state index in [4.69, 9.17) is 10.5 Å². The van der Waals surface area contributed by atoms with Crippen molar-refractivity contribution in [1.82, 2.24) is 0 Å². The van der Waals surface area contributed by atoms with E-state index in [0.29, 0.717) is 5.92 Å². The van der Waals surface area contributed by atoms with Gasteiger partial charge in [-0.05, 0) is 72.0 Å². The van der Waals surface area contributed by atoms with Crippen LogP contribution >= 0.6 is 0 Å². The average Bonchev–Trinajstić information content (AvgIpc) is 2.53. The number of rotatable bonds is 4. The second kappa shape index (κ2) is 6.29. The molecule has 2 nitrogen and oxygen atoms in total. The lowest BCUT2D eigenvalue weighted by atomic mass is 9.93. The lowest BCUT2D eigenvalue weighted by Crippen LogP contribution is -2.28. The molecular weight excluding hydrogens is 294 g/mol. The second-order valence-electron chi connectivity index (χ2n) is 7.27. The monoisotopic (exact) mass is 319 g/mol. The van der Waals surface area contributed by atoms with Gasteiger partial charge in [0.1, 0.15) is 11.5 Å². The highest BCUT2D eigenvalue weighted by atomic mass is 16.5. The molecule has 0 aromatic heterocycles. The van der Waals surface area contributed by atoms with E-state index in [1.807, 2.05) is 32.0 Å². The maximum atomic E-state index is 6.19. The SMILES string of the molecule is CC(C)c1cccc(Oc2ccc3cc(C(C)(C)N)ccc3c2)c1. The van der Waals surface area contributed by atoms with Crippen molar-refractivity contribution in [3.63, 3.8) is 0 Å². The molecule has 0 atom stereocenters. The van der Waals surface area contributed by atoms with Crippen molar-refractivity contribution < 1.29 is 4.74 Å². The number of fused-ring (bicyclic) bond motifs is 1. The van der Waals surface area contributed by atoms with Gasteiger partial charge >= 0.3 is 0 Å². The first-order valence-electron chi connectivity index (χ1n) is 8.44. The smallest absolute Gasteiger partial charge is 0.128 e. The fourth-order valence-electron chi connectivity index (χ4n) is 2.76. The third-order valence-corrected chi connectivity index (χ3v) is 4.32. The molecule has 0 heterocycles. The minimum Gasteiger partial charge on any atom is -0.457 e. The topological polar surface area (TPSA) is 35.2 Å². The Labute approximate surface area is 144 Å². The van der Waals surface area contributed by atoms with Crippen molar-refractivity contribution in [2.45, 2.75) is 39.2 Å². The van der Waals surface area contributed by atoms with Crippen LogP contribution in [0.25, 0.3) is 10.8 Å². The maximum Gasteiger partial charge on any atom is 0.128 e. The van der Waals surface area contributed by atoms with Crippen LogP contribution in [-0.4, -0.2) is 0 Å². The standard InChI is InChI=1S/C22H25NO/c1-15(2)16-6-5-7-20(13-16)24-21-11-9-17-12-19(22(3,4)23)10-8-18(17)14-21/h5-15H,23H2,1-4H3. The molecule has 0 radical (unpaired) electrons. The van der Waals surface area contributed by atoms with Crippen molar-refractivity contribution in [2.75, 3.05) is 0 Å². The first-order chi connectivity index (χ1) is 11.3. The summed E-state index contributed by atoms with van der Waals surface area (Å²) in [4.78, 5) is 0. The zero-order chi connectivity index (χ0) is 17.3. The molecule has 24 heavy (non-hydrogen) atoms. The van der Waals surface area contributed by atoms with Crippen molar-refractivity contribution in [3.05, 3.63) is 71.8 Å². The molecule has 0 aliphatic carbocycles. The summed E-state index contributed by atoms with van der Waals surface area (Å²) in [5.74, 6) is 2.21.